The molecule has 6 nitrogen and oxygen atoms in total. The zero-order valence-electron chi connectivity index (χ0n) is 14.1. The van der Waals surface area contributed by atoms with Crippen molar-refractivity contribution in [3.8, 4) is 11.5 Å². The fourth-order valence-corrected chi connectivity index (χ4v) is 3.16. The van der Waals surface area contributed by atoms with Gasteiger partial charge in [0.15, 0.2) is 24.1 Å². The summed E-state index contributed by atoms with van der Waals surface area (Å²) in [6, 6.07) is 12.7. The molecule has 0 fully saturated rings. The fourth-order valence-electron chi connectivity index (χ4n) is 3.16. The number of aldehydes is 2. The maximum atomic E-state index is 11.8. The van der Waals surface area contributed by atoms with Gasteiger partial charge < -0.3 is 14.5 Å². The lowest BCUT2D eigenvalue weighted by molar-refractivity contribution is 0.0692. The van der Waals surface area contributed by atoms with Crippen LogP contribution in [0.1, 0.15) is 55.4 Å². The molecule has 0 radical (unpaired) electrons. The van der Waals surface area contributed by atoms with Crippen LogP contribution < -0.4 is 0 Å². The fraction of sp³-hybridized carbons (Fsp3) is 0.150. The smallest absolute Gasteiger partial charge is 0.338 e. The molecular formula is C20H17NO5. The topological polar surface area (TPSA) is 100 Å². The predicted molar refractivity (Wildman–Crippen MR) is 94.8 cm³/mol. The van der Waals surface area contributed by atoms with Crippen LogP contribution in [0, 0.1) is 0 Å². The van der Waals surface area contributed by atoms with Crippen molar-refractivity contribution in [1.82, 2.24) is 4.98 Å². The number of aromatic nitrogens is 1. The number of benzene rings is 1. The molecule has 0 saturated carbocycles. The molecule has 0 aliphatic carbocycles. The van der Waals surface area contributed by atoms with Crippen molar-refractivity contribution < 1.29 is 23.9 Å². The Labute approximate surface area is 149 Å². The Morgan fingerprint density at radius 3 is 2.46 bits per heavy atom. The molecule has 0 amide bonds. The lowest BCUT2D eigenvalue weighted by Gasteiger charge is -2.14. The van der Waals surface area contributed by atoms with Gasteiger partial charge in [-0.25, -0.2) is 4.79 Å². The molecule has 2 aromatic heterocycles. The molecule has 3 rings (SSSR count). The van der Waals surface area contributed by atoms with Crippen LogP contribution in [0.2, 0.25) is 0 Å². The number of rotatable bonds is 7. The Kier molecular flexibility index (Phi) is 4.84. The van der Waals surface area contributed by atoms with Gasteiger partial charge in [-0.2, -0.15) is 0 Å². The van der Waals surface area contributed by atoms with E-state index in [9.17, 15) is 19.5 Å². The first-order chi connectivity index (χ1) is 12.5. The van der Waals surface area contributed by atoms with Gasteiger partial charge in [0.05, 0.1) is 17.0 Å². The first kappa shape index (κ1) is 17.4. The van der Waals surface area contributed by atoms with Crippen molar-refractivity contribution >= 4 is 18.5 Å². The Morgan fingerprint density at radius 2 is 1.88 bits per heavy atom. The average Bonchev–Trinajstić information content (AvgIpc) is 3.26. The van der Waals surface area contributed by atoms with E-state index in [1.165, 1.54) is 6.07 Å². The maximum absolute atomic E-state index is 11.8. The zero-order chi connectivity index (χ0) is 18.7. The third-order valence-corrected chi connectivity index (χ3v) is 4.27. The summed E-state index contributed by atoms with van der Waals surface area (Å²) in [5, 5.41) is 9.64. The monoisotopic (exact) mass is 351 g/mol. The van der Waals surface area contributed by atoms with Crippen molar-refractivity contribution in [3.63, 3.8) is 0 Å². The lowest BCUT2D eigenvalue weighted by Crippen LogP contribution is -2.08. The minimum atomic E-state index is -1.19. The molecular weight excluding hydrogens is 334 g/mol. The minimum absolute atomic E-state index is 0.0218. The molecule has 26 heavy (non-hydrogen) atoms. The molecule has 0 aliphatic heterocycles. The van der Waals surface area contributed by atoms with E-state index in [0.717, 1.165) is 5.56 Å². The number of aromatic amines is 1. The SMILES string of the molecule is CC(Cc1ccccc1)c1c(-c2ccc(C=O)o2)[nH]c(C=O)c1C(=O)O. The number of hydrogen-bond acceptors (Lipinski definition) is 4. The van der Waals surface area contributed by atoms with Crippen molar-refractivity contribution in [1.29, 1.82) is 0 Å². The van der Waals surface area contributed by atoms with E-state index < -0.39 is 5.97 Å². The number of nitrogens with one attached hydrogen (secondary N) is 1. The standard InChI is InChI=1S/C20H17NO5/c1-12(9-13-5-3-2-4-6-13)17-18(20(24)25)15(11-23)21-19(17)16-8-7-14(10-22)26-16/h2-8,10-12,21H,9H2,1H3,(H,24,25). The summed E-state index contributed by atoms with van der Waals surface area (Å²) in [6.07, 6.45) is 1.64. The highest BCUT2D eigenvalue weighted by molar-refractivity contribution is 6.00. The van der Waals surface area contributed by atoms with Crippen LogP contribution in [0.3, 0.4) is 0 Å². The van der Waals surface area contributed by atoms with Gasteiger partial charge in [0, 0.05) is 0 Å². The van der Waals surface area contributed by atoms with E-state index in [1.54, 1.807) is 6.07 Å². The second-order valence-electron chi connectivity index (χ2n) is 6.04. The molecule has 1 unspecified atom stereocenters. The largest absolute Gasteiger partial charge is 0.478 e. The summed E-state index contributed by atoms with van der Waals surface area (Å²) in [6.45, 7) is 1.89. The Balaban J connectivity index is 2.13. The van der Waals surface area contributed by atoms with Crippen molar-refractivity contribution in [2.75, 3.05) is 0 Å². The van der Waals surface area contributed by atoms with Gasteiger partial charge in [-0.05, 0) is 35.6 Å². The van der Waals surface area contributed by atoms with Crippen LogP contribution in [0.4, 0.5) is 0 Å². The second kappa shape index (κ2) is 7.23. The highest BCUT2D eigenvalue weighted by Crippen LogP contribution is 2.36. The minimum Gasteiger partial charge on any atom is -0.478 e. The van der Waals surface area contributed by atoms with Gasteiger partial charge in [0.25, 0.3) is 0 Å². The summed E-state index contributed by atoms with van der Waals surface area (Å²) >= 11 is 0. The van der Waals surface area contributed by atoms with Crippen LogP contribution in [0.5, 0.6) is 0 Å². The summed E-state index contributed by atoms with van der Waals surface area (Å²) in [7, 11) is 0. The number of carbonyl (C=O) groups excluding carboxylic acids is 2. The molecule has 2 N–H and O–H groups in total. The molecule has 132 valence electrons. The van der Waals surface area contributed by atoms with E-state index in [4.69, 9.17) is 4.42 Å². The van der Waals surface area contributed by atoms with Crippen molar-refractivity contribution in [2.24, 2.45) is 0 Å². The molecule has 1 aromatic carbocycles. The van der Waals surface area contributed by atoms with Crippen LogP contribution in [0.25, 0.3) is 11.5 Å². The van der Waals surface area contributed by atoms with E-state index in [0.29, 0.717) is 36.0 Å². The number of carboxylic acid groups (broad SMARTS) is 1. The Bertz CT molecular complexity index is 952. The zero-order valence-corrected chi connectivity index (χ0v) is 14.1. The van der Waals surface area contributed by atoms with Gasteiger partial charge in [0.2, 0.25) is 0 Å². The van der Waals surface area contributed by atoms with E-state index in [2.05, 4.69) is 4.98 Å². The predicted octanol–water partition coefficient (Wildman–Crippen LogP) is 3.94. The number of carbonyl (C=O) groups is 3. The molecule has 6 heteroatoms. The van der Waals surface area contributed by atoms with Crippen LogP contribution in [-0.4, -0.2) is 28.6 Å². The van der Waals surface area contributed by atoms with Gasteiger partial charge in [-0.15, -0.1) is 0 Å². The van der Waals surface area contributed by atoms with Gasteiger partial charge in [0.1, 0.15) is 0 Å². The second-order valence-corrected chi connectivity index (χ2v) is 6.04. The number of carboxylic acids is 1. The van der Waals surface area contributed by atoms with Crippen LogP contribution in [-0.2, 0) is 6.42 Å². The summed E-state index contributed by atoms with van der Waals surface area (Å²) in [5.41, 5.74) is 1.84. The molecule has 0 spiro atoms. The molecule has 0 aliphatic rings. The quantitative estimate of drug-likeness (QED) is 0.628. The van der Waals surface area contributed by atoms with Crippen molar-refractivity contribution in [3.05, 3.63) is 70.6 Å². The average molecular weight is 351 g/mol. The molecule has 3 aromatic rings. The van der Waals surface area contributed by atoms with Crippen LogP contribution >= 0.6 is 0 Å². The third kappa shape index (κ3) is 3.21. The summed E-state index contributed by atoms with van der Waals surface area (Å²) in [4.78, 5) is 36.9. The normalized spacial score (nSPS) is 11.9. The van der Waals surface area contributed by atoms with E-state index in [1.807, 2.05) is 37.3 Å². The number of furan rings is 1. The third-order valence-electron chi connectivity index (χ3n) is 4.27. The lowest BCUT2D eigenvalue weighted by atomic mass is 9.89. The molecule has 0 bridgehead atoms. The van der Waals surface area contributed by atoms with Crippen LogP contribution in [0.15, 0.2) is 46.9 Å². The molecule has 0 saturated heterocycles. The van der Waals surface area contributed by atoms with Crippen molar-refractivity contribution in [2.45, 2.75) is 19.3 Å². The van der Waals surface area contributed by atoms with Gasteiger partial charge >= 0.3 is 5.97 Å². The summed E-state index contributed by atoms with van der Waals surface area (Å²) < 4.78 is 5.44. The van der Waals surface area contributed by atoms with Gasteiger partial charge in [-0.1, -0.05) is 37.3 Å². The highest BCUT2D eigenvalue weighted by Gasteiger charge is 2.28. The first-order valence-corrected chi connectivity index (χ1v) is 8.08. The van der Waals surface area contributed by atoms with E-state index in [-0.39, 0.29) is 22.9 Å². The number of aromatic carboxylic acids is 1. The number of hydrogen-bond donors (Lipinski definition) is 2. The summed E-state index contributed by atoms with van der Waals surface area (Å²) in [5.74, 6) is -0.946. The Hall–Kier alpha value is -3.41. The first-order valence-electron chi connectivity index (χ1n) is 8.08. The molecule has 2 heterocycles. The highest BCUT2D eigenvalue weighted by atomic mass is 16.4. The van der Waals surface area contributed by atoms with E-state index >= 15 is 0 Å². The Morgan fingerprint density at radius 1 is 1.15 bits per heavy atom. The number of H-pyrrole nitrogens is 1. The maximum Gasteiger partial charge on any atom is 0.338 e. The molecule has 1 atom stereocenters. The van der Waals surface area contributed by atoms with Gasteiger partial charge in [-0.3, -0.25) is 9.59 Å².